The fraction of sp³-hybridized carbons (Fsp3) is 0.0833. The first-order valence-electron chi connectivity index (χ1n) is 5.29. The van der Waals surface area contributed by atoms with E-state index in [1.54, 1.807) is 6.07 Å². The quantitative estimate of drug-likeness (QED) is 0.850. The van der Waals surface area contributed by atoms with Gasteiger partial charge in [-0.3, -0.25) is 4.72 Å². The van der Waals surface area contributed by atoms with Gasteiger partial charge in [0.2, 0.25) is 0 Å². The molecule has 4 nitrogen and oxygen atoms in total. The second-order valence-corrected chi connectivity index (χ2v) is 6.78. The van der Waals surface area contributed by atoms with Gasteiger partial charge < -0.3 is 0 Å². The van der Waals surface area contributed by atoms with Gasteiger partial charge in [0.15, 0.2) is 0 Å². The molecule has 2 rings (SSSR count). The minimum absolute atomic E-state index is 0.0453. The number of aromatic nitrogens is 1. The van der Waals surface area contributed by atoms with Crippen LogP contribution < -0.4 is 4.72 Å². The van der Waals surface area contributed by atoms with Gasteiger partial charge in [0.05, 0.1) is 5.69 Å². The van der Waals surface area contributed by atoms with Crippen LogP contribution in [0, 0.1) is 6.92 Å². The number of halogens is 2. The molecule has 0 amide bonds. The van der Waals surface area contributed by atoms with E-state index in [1.165, 1.54) is 18.3 Å². The Kier molecular flexibility index (Phi) is 4.13. The van der Waals surface area contributed by atoms with Crippen LogP contribution in [-0.4, -0.2) is 13.4 Å². The van der Waals surface area contributed by atoms with Crippen molar-refractivity contribution in [1.29, 1.82) is 0 Å². The van der Waals surface area contributed by atoms with Crippen LogP contribution in [0.3, 0.4) is 0 Å². The number of aryl methyl sites for hydroxylation is 1. The summed E-state index contributed by atoms with van der Waals surface area (Å²) < 4.78 is 27.8. The molecule has 19 heavy (non-hydrogen) atoms. The molecule has 0 unspecified atom stereocenters. The normalized spacial score (nSPS) is 11.3. The van der Waals surface area contributed by atoms with E-state index in [0.717, 1.165) is 10.0 Å². The van der Waals surface area contributed by atoms with Gasteiger partial charge in [-0.2, -0.15) is 0 Å². The Balaban J connectivity index is 2.43. The van der Waals surface area contributed by atoms with Crippen LogP contribution in [0.4, 0.5) is 5.69 Å². The third-order valence-corrected chi connectivity index (χ3v) is 4.76. The first-order valence-corrected chi connectivity index (χ1v) is 7.95. The molecule has 0 spiro atoms. The molecule has 7 heteroatoms. The molecule has 0 saturated carbocycles. The lowest BCUT2D eigenvalue weighted by atomic mass is 10.2. The van der Waals surface area contributed by atoms with Crippen LogP contribution in [0.1, 0.15) is 5.56 Å². The number of nitrogens with one attached hydrogen (secondary N) is 1. The van der Waals surface area contributed by atoms with E-state index in [-0.39, 0.29) is 10.0 Å². The molecule has 0 aliphatic rings. The zero-order valence-electron chi connectivity index (χ0n) is 9.89. The van der Waals surface area contributed by atoms with Gasteiger partial charge in [0.25, 0.3) is 10.0 Å². The van der Waals surface area contributed by atoms with Crippen LogP contribution in [0.25, 0.3) is 0 Å². The van der Waals surface area contributed by atoms with Crippen LogP contribution >= 0.6 is 27.5 Å². The Morgan fingerprint density at radius 2 is 2.05 bits per heavy atom. The molecule has 0 fully saturated rings. The lowest BCUT2D eigenvalue weighted by Crippen LogP contribution is -2.14. The molecule has 0 radical (unpaired) electrons. The summed E-state index contributed by atoms with van der Waals surface area (Å²) in [4.78, 5) is 3.72. The number of pyridine rings is 1. The Morgan fingerprint density at radius 1 is 1.32 bits per heavy atom. The van der Waals surface area contributed by atoms with Crippen LogP contribution in [0.2, 0.25) is 5.15 Å². The number of anilines is 1. The maximum absolute atomic E-state index is 12.2. The van der Waals surface area contributed by atoms with E-state index >= 15 is 0 Å². The smallest absolute Gasteiger partial charge is 0.264 e. The maximum atomic E-state index is 12.2. The Hall–Kier alpha value is -1.11. The predicted molar refractivity (Wildman–Crippen MR) is 78.9 cm³/mol. The van der Waals surface area contributed by atoms with Gasteiger partial charge in [-0.15, -0.1) is 0 Å². The van der Waals surface area contributed by atoms with Gasteiger partial charge in [0, 0.05) is 10.7 Å². The summed E-state index contributed by atoms with van der Waals surface area (Å²) >= 11 is 9.11. The van der Waals surface area contributed by atoms with E-state index in [4.69, 9.17) is 11.6 Å². The molecule has 0 bridgehead atoms. The number of benzene rings is 1. The topological polar surface area (TPSA) is 59.1 Å². The number of nitrogens with zero attached hydrogens (tertiary/aromatic N) is 1. The lowest BCUT2D eigenvalue weighted by Gasteiger charge is -2.11. The Labute approximate surface area is 125 Å². The van der Waals surface area contributed by atoms with Crippen LogP contribution in [-0.2, 0) is 10.0 Å². The van der Waals surface area contributed by atoms with Gasteiger partial charge in [-0.25, -0.2) is 13.4 Å². The van der Waals surface area contributed by atoms with E-state index < -0.39 is 10.0 Å². The van der Waals surface area contributed by atoms with Crippen LogP contribution in [0.5, 0.6) is 0 Å². The van der Waals surface area contributed by atoms with Crippen molar-refractivity contribution >= 4 is 43.2 Å². The summed E-state index contributed by atoms with van der Waals surface area (Å²) in [5.74, 6) is 0. The van der Waals surface area contributed by atoms with Crippen molar-refractivity contribution in [1.82, 2.24) is 4.98 Å². The summed E-state index contributed by atoms with van der Waals surface area (Å²) in [5.41, 5.74) is 1.31. The van der Waals surface area contributed by atoms with Crippen molar-refractivity contribution in [2.75, 3.05) is 4.72 Å². The minimum Gasteiger partial charge on any atom is -0.279 e. The van der Waals surface area contributed by atoms with Crippen molar-refractivity contribution < 1.29 is 8.42 Å². The fourth-order valence-electron chi connectivity index (χ4n) is 1.48. The van der Waals surface area contributed by atoms with E-state index in [2.05, 4.69) is 25.6 Å². The van der Waals surface area contributed by atoms with Gasteiger partial charge in [-0.05, 0) is 36.8 Å². The Bertz CT molecular complexity index is 719. The van der Waals surface area contributed by atoms with E-state index in [9.17, 15) is 8.42 Å². The largest absolute Gasteiger partial charge is 0.279 e. The average Bonchev–Trinajstić information content (AvgIpc) is 2.34. The van der Waals surface area contributed by atoms with Gasteiger partial charge in [0.1, 0.15) is 10.0 Å². The summed E-state index contributed by atoms with van der Waals surface area (Å²) in [7, 11) is -3.75. The average molecular weight is 362 g/mol. The van der Waals surface area contributed by atoms with E-state index in [0.29, 0.717) is 5.69 Å². The van der Waals surface area contributed by atoms with E-state index in [1.807, 2.05) is 19.1 Å². The van der Waals surface area contributed by atoms with Crippen molar-refractivity contribution in [3.63, 3.8) is 0 Å². The number of sulfonamides is 1. The zero-order chi connectivity index (χ0) is 14.0. The lowest BCUT2D eigenvalue weighted by molar-refractivity contribution is 0.601. The monoisotopic (exact) mass is 360 g/mol. The maximum Gasteiger partial charge on any atom is 0.264 e. The highest BCUT2D eigenvalue weighted by molar-refractivity contribution is 9.10. The molecule has 100 valence electrons. The fourth-order valence-corrected chi connectivity index (χ4v) is 3.41. The molecule has 0 saturated heterocycles. The highest BCUT2D eigenvalue weighted by atomic mass is 79.9. The molecule has 1 aromatic carbocycles. The van der Waals surface area contributed by atoms with Gasteiger partial charge in [-0.1, -0.05) is 33.6 Å². The SMILES string of the molecule is Cc1ccc(Br)cc1NS(=O)(=O)c1cccnc1Cl. The summed E-state index contributed by atoms with van der Waals surface area (Å²) in [5, 5.41) is -0.0531. The second-order valence-electron chi connectivity index (χ2n) is 3.86. The number of hydrogen-bond donors (Lipinski definition) is 1. The molecule has 1 N–H and O–H groups in total. The molecular formula is C12H10BrClN2O2S. The van der Waals surface area contributed by atoms with Gasteiger partial charge >= 0.3 is 0 Å². The Morgan fingerprint density at radius 3 is 2.74 bits per heavy atom. The highest BCUT2D eigenvalue weighted by Crippen LogP contribution is 2.25. The first kappa shape index (κ1) is 14.3. The zero-order valence-corrected chi connectivity index (χ0v) is 13.1. The van der Waals surface area contributed by atoms with Crippen molar-refractivity contribution in [2.24, 2.45) is 0 Å². The third kappa shape index (κ3) is 3.26. The summed E-state index contributed by atoms with van der Waals surface area (Å²) in [6, 6.07) is 8.27. The van der Waals surface area contributed by atoms with Crippen LogP contribution in [0.15, 0.2) is 45.9 Å². The van der Waals surface area contributed by atoms with Crippen molar-refractivity contribution in [3.8, 4) is 0 Å². The molecule has 0 atom stereocenters. The number of rotatable bonds is 3. The second kappa shape index (κ2) is 5.48. The number of hydrogen-bond acceptors (Lipinski definition) is 3. The predicted octanol–water partition coefficient (Wildman–Crippen LogP) is 3.61. The minimum atomic E-state index is -3.75. The summed E-state index contributed by atoms with van der Waals surface area (Å²) in [6.07, 6.45) is 1.44. The molecular weight excluding hydrogens is 352 g/mol. The molecule has 1 aromatic heterocycles. The first-order chi connectivity index (χ1) is 8.90. The van der Waals surface area contributed by atoms with Crippen molar-refractivity contribution in [2.45, 2.75) is 11.8 Å². The highest BCUT2D eigenvalue weighted by Gasteiger charge is 2.19. The van der Waals surface area contributed by atoms with Crippen molar-refractivity contribution in [3.05, 3.63) is 51.7 Å². The molecule has 2 aromatic rings. The summed E-state index contributed by atoms with van der Waals surface area (Å²) in [6.45, 7) is 1.81. The molecule has 0 aliphatic heterocycles. The standard InChI is InChI=1S/C12H10BrClN2O2S/c1-8-4-5-9(13)7-10(8)16-19(17,18)11-3-2-6-15-12(11)14/h2-7,16H,1H3. The molecule has 1 heterocycles. The molecule has 0 aliphatic carbocycles. The third-order valence-electron chi connectivity index (χ3n) is 2.46.